The summed E-state index contributed by atoms with van der Waals surface area (Å²) in [6, 6.07) is 0. The molecule has 0 saturated carbocycles. The van der Waals surface area contributed by atoms with Crippen molar-refractivity contribution in [3.05, 3.63) is 0 Å². The summed E-state index contributed by atoms with van der Waals surface area (Å²) in [7, 11) is -2.69. The van der Waals surface area contributed by atoms with E-state index in [1.807, 2.05) is 0 Å². The van der Waals surface area contributed by atoms with E-state index in [9.17, 15) is 4.57 Å². The van der Waals surface area contributed by atoms with Crippen LogP contribution < -0.4 is 0 Å². The smallest absolute Gasteiger partial charge is 0.309 e. The SMILES string of the molecule is C.C.C.C.CCOP(C)(=O)OCC. The van der Waals surface area contributed by atoms with Gasteiger partial charge in [-0.15, -0.1) is 0 Å². The van der Waals surface area contributed by atoms with Gasteiger partial charge in [0.15, 0.2) is 0 Å². The Morgan fingerprint density at radius 1 is 0.923 bits per heavy atom. The van der Waals surface area contributed by atoms with Gasteiger partial charge >= 0.3 is 7.60 Å². The fourth-order valence-corrected chi connectivity index (χ4v) is 1.52. The third kappa shape index (κ3) is 18.8. The Kier molecular flexibility index (Phi) is 33.0. The number of hydrogen-bond donors (Lipinski definition) is 0. The van der Waals surface area contributed by atoms with Gasteiger partial charge in [-0.05, 0) is 13.8 Å². The Morgan fingerprint density at radius 2 is 1.15 bits per heavy atom. The molecule has 0 saturated heterocycles. The summed E-state index contributed by atoms with van der Waals surface area (Å²) >= 11 is 0. The molecule has 0 aliphatic heterocycles. The van der Waals surface area contributed by atoms with Gasteiger partial charge in [-0.2, -0.15) is 0 Å². The maximum Gasteiger partial charge on any atom is 0.327 e. The highest BCUT2D eigenvalue weighted by Crippen LogP contribution is 2.43. The van der Waals surface area contributed by atoms with Crippen LogP contribution in [0.2, 0.25) is 0 Å². The second-order valence-electron chi connectivity index (χ2n) is 1.61. The highest BCUT2D eigenvalue weighted by Gasteiger charge is 2.13. The van der Waals surface area contributed by atoms with Crippen molar-refractivity contribution in [2.45, 2.75) is 43.6 Å². The topological polar surface area (TPSA) is 35.5 Å². The fraction of sp³-hybridized carbons (Fsp3) is 1.00. The van der Waals surface area contributed by atoms with Crippen LogP contribution in [-0.4, -0.2) is 19.9 Å². The van der Waals surface area contributed by atoms with E-state index in [1.54, 1.807) is 13.8 Å². The lowest BCUT2D eigenvalue weighted by Crippen LogP contribution is -1.92. The minimum atomic E-state index is -2.69. The molecule has 0 fully saturated rings. The highest BCUT2D eigenvalue weighted by molar-refractivity contribution is 7.52. The first-order chi connectivity index (χ1) is 4.12. The quantitative estimate of drug-likeness (QED) is 0.652. The van der Waals surface area contributed by atoms with Crippen molar-refractivity contribution in [1.82, 2.24) is 0 Å². The molecule has 13 heavy (non-hydrogen) atoms. The first kappa shape index (κ1) is 29.2. The Labute approximate surface area is 85.4 Å². The summed E-state index contributed by atoms with van der Waals surface area (Å²) in [6.07, 6.45) is 0. The van der Waals surface area contributed by atoms with E-state index in [-0.39, 0.29) is 29.7 Å². The molecule has 0 aromatic heterocycles. The third-order valence-electron chi connectivity index (χ3n) is 0.727. The average Bonchev–Trinajstić information content (AvgIpc) is 1.64. The highest BCUT2D eigenvalue weighted by atomic mass is 31.2. The standard InChI is InChI=1S/C5H13O3P.4CH4/c1-4-7-9(3,6)8-5-2;;;;/h4-5H2,1-3H3;4*1H4. The summed E-state index contributed by atoms with van der Waals surface area (Å²) in [5, 5.41) is 0. The molecular weight excluding hydrogens is 187 g/mol. The summed E-state index contributed by atoms with van der Waals surface area (Å²) in [6.45, 7) is 5.92. The zero-order chi connectivity index (χ0) is 7.33. The molecule has 0 amide bonds. The molecule has 0 heterocycles. The van der Waals surface area contributed by atoms with Crippen LogP contribution in [-0.2, 0) is 13.6 Å². The van der Waals surface area contributed by atoms with Crippen molar-refractivity contribution in [2.24, 2.45) is 0 Å². The van der Waals surface area contributed by atoms with Crippen LogP contribution in [0.3, 0.4) is 0 Å². The van der Waals surface area contributed by atoms with Gasteiger partial charge < -0.3 is 9.05 Å². The zero-order valence-electron chi connectivity index (χ0n) is 6.09. The Bertz CT molecular complexity index is 105. The predicted octanol–water partition coefficient (Wildman–Crippen LogP) is 4.43. The normalized spacial score (nSPS) is 8.23. The monoisotopic (exact) mass is 216 g/mol. The first-order valence-corrected chi connectivity index (χ1v) is 4.98. The Morgan fingerprint density at radius 3 is 1.31 bits per heavy atom. The second-order valence-corrected chi connectivity index (χ2v) is 3.67. The minimum absolute atomic E-state index is 0. The molecular formula is C9H29O3P. The van der Waals surface area contributed by atoms with Gasteiger partial charge in [0.05, 0.1) is 13.2 Å². The van der Waals surface area contributed by atoms with Crippen LogP contribution in [0.4, 0.5) is 0 Å². The molecule has 0 aromatic carbocycles. The van der Waals surface area contributed by atoms with E-state index in [1.165, 1.54) is 6.66 Å². The van der Waals surface area contributed by atoms with Gasteiger partial charge in [0.2, 0.25) is 0 Å². The summed E-state index contributed by atoms with van der Waals surface area (Å²) in [5.74, 6) is 0. The molecule has 0 unspecified atom stereocenters. The molecule has 0 atom stereocenters. The van der Waals surface area contributed by atoms with Gasteiger partial charge in [-0.25, -0.2) is 0 Å². The van der Waals surface area contributed by atoms with Gasteiger partial charge in [0, 0.05) is 6.66 Å². The lowest BCUT2D eigenvalue weighted by molar-refractivity contribution is 0.225. The van der Waals surface area contributed by atoms with Gasteiger partial charge in [-0.1, -0.05) is 29.7 Å². The summed E-state index contributed by atoms with van der Waals surface area (Å²) < 4.78 is 20.6. The van der Waals surface area contributed by atoms with Gasteiger partial charge in [-0.3, -0.25) is 4.57 Å². The van der Waals surface area contributed by atoms with Gasteiger partial charge in [0.25, 0.3) is 0 Å². The zero-order valence-corrected chi connectivity index (χ0v) is 6.98. The Hall–Kier alpha value is 0.150. The second kappa shape index (κ2) is 14.7. The van der Waals surface area contributed by atoms with Crippen LogP contribution in [0.15, 0.2) is 0 Å². The Balaban J connectivity index is -0.0000000533. The van der Waals surface area contributed by atoms with E-state index >= 15 is 0 Å². The first-order valence-electron chi connectivity index (χ1n) is 2.99. The fourth-order valence-electron chi connectivity index (χ4n) is 0.506. The molecule has 0 bridgehead atoms. The van der Waals surface area contributed by atoms with Crippen LogP contribution >= 0.6 is 7.60 Å². The van der Waals surface area contributed by atoms with Crippen molar-refractivity contribution in [3.63, 3.8) is 0 Å². The van der Waals surface area contributed by atoms with Crippen molar-refractivity contribution in [3.8, 4) is 0 Å². The van der Waals surface area contributed by atoms with Crippen molar-refractivity contribution < 1.29 is 13.6 Å². The molecule has 4 heteroatoms. The van der Waals surface area contributed by atoms with Crippen molar-refractivity contribution in [2.75, 3.05) is 19.9 Å². The van der Waals surface area contributed by atoms with E-state index < -0.39 is 7.60 Å². The minimum Gasteiger partial charge on any atom is -0.309 e. The molecule has 0 radical (unpaired) electrons. The predicted molar refractivity (Wildman–Crippen MR) is 63.7 cm³/mol. The van der Waals surface area contributed by atoms with E-state index in [0.29, 0.717) is 13.2 Å². The molecule has 0 rings (SSSR count). The maximum atomic E-state index is 11.0. The average molecular weight is 216 g/mol. The molecule has 88 valence electrons. The van der Waals surface area contributed by atoms with E-state index in [2.05, 4.69) is 0 Å². The summed E-state index contributed by atoms with van der Waals surface area (Å²) in [5.41, 5.74) is 0. The number of hydrogen-bond acceptors (Lipinski definition) is 3. The van der Waals surface area contributed by atoms with Crippen molar-refractivity contribution >= 4 is 7.60 Å². The number of rotatable bonds is 4. The molecule has 0 N–H and O–H groups in total. The molecule has 0 aromatic rings. The van der Waals surface area contributed by atoms with E-state index in [0.717, 1.165) is 0 Å². The van der Waals surface area contributed by atoms with Gasteiger partial charge in [0.1, 0.15) is 0 Å². The molecule has 3 nitrogen and oxygen atoms in total. The molecule has 0 spiro atoms. The third-order valence-corrected chi connectivity index (χ3v) is 2.18. The summed E-state index contributed by atoms with van der Waals surface area (Å²) in [4.78, 5) is 0. The lowest BCUT2D eigenvalue weighted by Gasteiger charge is -2.10. The van der Waals surface area contributed by atoms with E-state index in [4.69, 9.17) is 9.05 Å². The maximum absolute atomic E-state index is 11.0. The lowest BCUT2D eigenvalue weighted by atomic mass is 10.9. The van der Waals surface area contributed by atoms with Crippen LogP contribution in [0.25, 0.3) is 0 Å². The molecule has 0 aliphatic carbocycles. The largest absolute Gasteiger partial charge is 0.327 e. The molecule has 0 aliphatic rings. The van der Waals surface area contributed by atoms with Crippen LogP contribution in [0, 0.1) is 0 Å². The van der Waals surface area contributed by atoms with Crippen LogP contribution in [0.1, 0.15) is 43.6 Å². The van der Waals surface area contributed by atoms with Crippen LogP contribution in [0.5, 0.6) is 0 Å². The van der Waals surface area contributed by atoms with Crippen molar-refractivity contribution in [1.29, 1.82) is 0 Å².